The molecule has 0 aromatic rings. The van der Waals surface area contributed by atoms with Crippen LogP contribution in [0.4, 0.5) is 0 Å². The van der Waals surface area contributed by atoms with Gasteiger partial charge in [-0.05, 0) is 6.82 Å². The van der Waals surface area contributed by atoms with Gasteiger partial charge in [-0.1, -0.05) is 0 Å². The van der Waals surface area contributed by atoms with E-state index in [0.29, 0.717) is 33.3 Å². The molecule has 0 aromatic carbocycles. The van der Waals surface area contributed by atoms with Crippen LogP contribution in [0.3, 0.4) is 0 Å². The first-order valence-corrected chi connectivity index (χ1v) is 7.35. The average Bonchev–Trinajstić information content (AvgIpc) is 2.50. The summed E-state index contributed by atoms with van der Waals surface area (Å²) in [5.74, 6) is -0.250. The number of hydrogen-bond acceptors (Lipinski definition) is 6. The Kier molecular flexibility index (Phi) is 7.40. The van der Waals surface area contributed by atoms with Crippen LogP contribution in [-0.2, 0) is 14.3 Å². The van der Waals surface area contributed by atoms with Crippen LogP contribution >= 0.6 is 0 Å². The maximum absolute atomic E-state index is 12.2. The van der Waals surface area contributed by atoms with Gasteiger partial charge in [0.2, 0.25) is 0 Å². The van der Waals surface area contributed by atoms with Crippen LogP contribution in [0.5, 0.6) is 0 Å². The zero-order chi connectivity index (χ0) is 16.7. The van der Waals surface area contributed by atoms with Gasteiger partial charge in [-0.15, -0.1) is 0 Å². The topological polar surface area (TPSA) is 102 Å². The second-order valence-electron chi connectivity index (χ2n) is 5.33. The second kappa shape index (κ2) is 8.79. The molecule has 1 heterocycles. The number of carbonyl (C=O) groups excluding carboxylic acids is 2. The summed E-state index contributed by atoms with van der Waals surface area (Å²) in [6.45, 7) is 6.65. The molecule has 1 aliphatic heterocycles. The fraction of sp³-hybridized carbons (Fsp3) is 0.750. The third-order valence-electron chi connectivity index (χ3n) is 3.49. The molecule has 1 fully saturated rings. The van der Waals surface area contributed by atoms with Crippen molar-refractivity contribution < 1.29 is 19.3 Å². The van der Waals surface area contributed by atoms with Crippen LogP contribution in [0, 0.1) is 0 Å². The summed E-state index contributed by atoms with van der Waals surface area (Å²) >= 11 is 0. The normalized spacial score (nSPS) is 18.0. The summed E-state index contributed by atoms with van der Waals surface area (Å²) in [7, 11) is -0.213. The van der Waals surface area contributed by atoms with Gasteiger partial charge >= 0.3 is 119 Å². The van der Waals surface area contributed by atoms with Crippen LogP contribution in [0.2, 0.25) is 6.82 Å². The average molecular weight is 308 g/mol. The van der Waals surface area contributed by atoms with Crippen LogP contribution in [-0.4, -0.2) is 85.2 Å². The molecule has 1 aliphatic rings. The number of aliphatic imine (C=N–C) groups is 1. The molecule has 0 saturated carbocycles. The van der Waals surface area contributed by atoms with E-state index in [1.165, 1.54) is 0 Å². The van der Waals surface area contributed by atoms with Crippen LogP contribution in [0.1, 0.15) is 13.8 Å². The van der Waals surface area contributed by atoms with E-state index in [-0.39, 0.29) is 11.8 Å². The minimum atomic E-state index is -0.752. The first-order valence-electron chi connectivity index (χ1n) is 7.35. The van der Waals surface area contributed by atoms with Crippen molar-refractivity contribution >= 4 is 32.1 Å². The van der Waals surface area contributed by atoms with Crippen LogP contribution < -0.4 is 5.23 Å². The van der Waals surface area contributed by atoms with E-state index in [9.17, 15) is 19.3 Å². The fourth-order valence-corrected chi connectivity index (χ4v) is 2.35. The molecule has 0 aromatic heterocycles. The zero-order valence-electron chi connectivity index (χ0n) is 13.2. The predicted octanol–water partition coefficient (Wildman–Crippen LogP) is -1.79. The number of carbonyl (C=O) groups is 2. The molecule has 2 unspecified atom stereocenters. The predicted molar refractivity (Wildman–Crippen MR) is 84.0 cm³/mol. The number of piperazine rings is 1. The van der Waals surface area contributed by atoms with Crippen LogP contribution in [0.25, 0.3) is 0 Å². The first kappa shape index (κ1) is 18.5. The van der Waals surface area contributed by atoms with Gasteiger partial charge in [-0.3, -0.25) is 0 Å². The molecule has 2 N–H and O–H groups in total. The third kappa shape index (κ3) is 5.34. The van der Waals surface area contributed by atoms with Gasteiger partial charge in [0, 0.05) is 0 Å². The van der Waals surface area contributed by atoms with Crippen molar-refractivity contribution in [3.8, 4) is 0 Å². The second-order valence-corrected chi connectivity index (χ2v) is 5.33. The Morgan fingerprint density at radius 1 is 1.23 bits per heavy atom. The summed E-state index contributed by atoms with van der Waals surface area (Å²) in [5, 5.41) is 12.0. The van der Waals surface area contributed by atoms with E-state index in [0.717, 1.165) is 6.11 Å². The fourth-order valence-electron chi connectivity index (χ4n) is 2.35. The van der Waals surface area contributed by atoms with Crippen molar-refractivity contribution in [2.24, 2.45) is 4.99 Å². The van der Waals surface area contributed by atoms with E-state index in [1.807, 2.05) is 0 Å². The first-order chi connectivity index (χ1) is 10.4. The van der Waals surface area contributed by atoms with Crippen LogP contribution in [0.15, 0.2) is 4.99 Å². The molecule has 0 aliphatic carbocycles. The number of amides is 2. The SMILES string of the molecule is CB(O)NC(C)C(=O)N1CCN(C(=O)C(C)N=CB=O)CC1. The van der Waals surface area contributed by atoms with Crippen molar-refractivity contribution in [3.05, 3.63) is 0 Å². The Morgan fingerprint density at radius 3 is 2.18 bits per heavy atom. The van der Waals surface area contributed by atoms with Crippen molar-refractivity contribution in [1.82, 2.24) is 15.0 Å². The Balaban J connectivity index is 2.49. The molecule has 2 atom stereocenters. The maximum atomic E-state index is 12.2. The molecule has 1 rings (SSSR count). The molecule has 2 amide bonds. The van der Waals surface area contributed by atoms with E-state index in [1.54, 1.807) is 30.5 Å². The van der Waals surface area contributed by atoms with E-state index < -0.39 is 19.1 Å². The Morgan fingerprint density at radius 2 is 1.73 bits per heavy atom. The molecule has 10 heteroatoms. The molecule has 0 bridgehead atoms. The Hall–Kier alpha value is -1.54. The molecule has 120 valence electrons. The van der Waals surface area contributed by atoms with Crippen molar-refractivity contribution in [2.45, 2.75) is 32.8 Å². The summed E-state index contributed by atoms with van der Waals surface area (Å²) in [4.78, 5) is 31.4. The number of rotatable bonds is 6. The number of nitrogens with one attached hydrogen (secondary N) is 1. The molecule has 0 spiro atoms. The summed E-state index contributed by atoms with van der Waals surface area (Å²) < 4.78 is 10.2. The van der Waals surface area contributed by atoms with Gasteiger partial charge in [-0.2, -0.15) is 0 Å². The van der Waals surface area contributed by atoms with Gasteiger partial charge in [0.15, 0.2) is 0 Å². The molecular weight excluding hydrogens is 286 g/mol. The summed E-state index contributed by atoms with van der Waals surface area (Å²) in [6.07, 6.45) is 1.08. The van der Waals surface area contributed by atoms with Gasteiger partial charge in [0.05, 0.1) is 0 Å². The molecule has 1 saturated heterocycles. The molecular formula is C12H22B2N4O4. The third-order valence-corrected chi connectivity index (χ3v) is 3.49. The Labute approximate surface area is 131 Å². The molecule has 22 heavy (non-hydrogen) atoms. The summed E-state index contributed by atoms with van der Waals surface area (Å²) in [5.41, 5.74) is 0. The van der Waals surface area contributed by atoms with E-state index in [2.05, 4.69) is 10.2 Å². The molecule has 0 radical (unpaired) electrons. The van der Waals surface area contributed by atoms with Gasteiger partial charge in [0.1, 0.15) is 0 Å². The Bertz CT molecular complexity index is 439. The monoisotopic (exact) mass is 308 g/mol. The number of hydrogen-bond donors (Lipinski definition) is 2. The van der Waals surface area contributed by atoms with Crippen molar-refractivity contribution in [1.29, 1.82) is 0 Å². The van der Waals surface area contributed by atoms with E-state index >= 15 is 0 Å². The van der Waals surface area contributed by atoms with Crippen molar-refractivity contribution in [2.75, 3.05) is 26.2 Å². The quantitative estimate of drug-likeness (QED) is 0.446. The summed E-state index contributed by atoms with van der Waals surface area (Å²) in [6, 6.07) is -1.07. The minimum absolute atomic E-state index is 0.0972. The van der Waals surface area contributed by atoms with Crippen molar-refractivity contribution in [3.63, 3.8) is 0 Å². The van der Waals surface area contributed by atoms with Gasteiger partial charge < -0.3 is 5.02 Å². The zero-order valence-corrected chi connectivity index (χ0v) is 13.2. The van der Waals surface area contributed by atoms with Gasteiger partial charge in [0.25, 0.3) is 0 Å². The van der Waals surface area contributed by atoms with E-state index in [4.69, 9.17) is 0 Å². The molecule has 8 nitrogen and oxygen atoms in total. The standard InChI is InChI=1S/C12H22B2N4O4/c1-9(15-8-13-21)11(19)17-4-6-18(7-5-17)12(20)10(2)16-14(3)22/h8-10,16,22H,4-7H2,1-3H3. The number of nitrogens with zero attached hydrogens (tertiary/aromatic N) is 3. The van der Waals surface area contributed by atoms with Gasteiger partial charge in [-0.25, -0.2) is 0 Å².